The molecular formula is C21H26N6O. The normalized spacial score (nSPS) is 15.8. The molecule has 0 aliphatic carbocycles. The van der Waals surface area contributed by atoms with Crippen molar-refractivity contribution in [2.75, 3.05) is 38.3 Å². The van der Waals surface area contributed by atoms with Gasteiger partial charge in [0.15, 0.2) is 5.65 Å². The van der Waals surface area contributed by atoms with Gasteiger partial charge >= 0.3 is 0 Å². The molecule has 0 radical (unpaired) electrons. The highest BCUT2D eigenvalue weighted by Crippen LogP contribution is 2.24. The number of fused-ring (bicyclic) bond motifs is 1. The average Bonchev–Trinajstić information content (AvgIpc) is 2.70. The summed E-state index contributed by atoms with van der Waals surface area (Å²) in [5, 5.41) is 4.20. The molecule has 1 aliphatic rings. The Morgan fingerprint density at radius 2 is 1.82 bits per heavy atom. The van der Waals surface area contributed by atoms with Gasteiger partial charge in [-0.3, -0.25) is 0 Å². The van der Waals surface area contributed by atoms with E-state index in [4.69, 9.17) is 15.5 Å². The van der Waals surface area contributed by atoms with Crippen LogP contribution in [0.25, 0.3) is 22.3 Å². The van der Waals surface area contributed by atoms with E-state index in [9.17, 15) is 0 Å². The Balaban J connectivity index is 1.60. The van der Waals surface area contributed by atoms with Crippen LogP contribution >= 0.6 is 0 Å². The number of rotatable bonds is 5. The van der Waals surface area contributed by atoms with Gasteiger partial charge in [0, 0.05) is 18.7 Å². The van der Waals surface area contributed by atoms with Gasteiger partial charge < -0.3 is 20.7 Å². The van der Waals surface area contributed by atoms with Crippen molar-refractivity contribution in [2.45, 2.75) is 25.5 Å². The maximum absolute atomic E-state index is 6.17. The molecule has 1 aliphatic heterocycles. The zero-order chi connectivity index (χ0) is 19.5. The molecule has 0 bridgehead atoms. The predicted octanol–water partition coefficient (Wildman–Crippen LogP) is 2.93. The number of nitrogen functional groups attached to an aromatic ring is 1. The third-order valence-corrected chi connectivity index (χ3v) is 5.20. The van der Waals surface area contributed by atoms with Gasteiger partial charge in [0.2, 0.25) is 5.95 Å². The van der Waals surface area contributed by atoms with Crippen molar-refractivity contribution in [3.63, 3.8) is 0 Å². The summed E-state index contributed by atoms with van der Waals surface area (Å²) in [6.45, 7) is 2.74. The van der Waals surface area contributed by atoms with E-state index in [0.717, 1.165) is 48.1 Å². The minimum absolute atomic E-state index is 0.365. The molecule has 1 aromatic carbocycles. The first kappa shape index (κ1) is 18.6. The van der Waals surface area contributed by atoms with Crippen LogP contribution < -0.4 is 11.1 Å². The maximum Gasteiger partial charge on any atom is 0.226 e. The minimum atomic E-state index is 0.365. The Morgan fingerprint density at radius 3 is 2.54 bits per heavy atom. The second kappa shape index (κ2) is 8.08. The highest BCUT2D eigenvalue weighted by molar-refractivity contribution is 5.88. The number of ether oxygens (including phenoxy) is 1. The average molecular weight is 378 g/mol. The van der Waals surface area contributed by atoms with Crippen molar-refractivity contribution >= 4 is 22.8 Å². The van der Waals surface area contributed by atoms with Gasteiger partial charge in [0.25, 0.3) is 0 Å². The van der Waals surface area contributed by atoms with Crippen LogP contribution in [0.15, 0.2) is 36.4 Å². The fourth-order valence-electron chi connectivity index (χ4n) is 3.53. The van der Waals surface area contributed by atoms with Gasteiger partial charge in [-0.15, -0.1) is 0 Å². The second-order valence-corrected chi connectivity index (χ2v) is 7.35. The quantitative estimate of drug-likeness (QED) is 0.705. The zero-order valence-corrected chi connectivity index (χ0v) is 16.4. The summed E-state index contributed by atoms with van der Waals surface area (Å²) >= 11 is 0. The fraction of sp³-hybridized carbons (Fsp3) is 0.381. The van der Waals surface area contributed by atoms with Crippen molar-refractivity contribution in [2.24, 2.45) is 0 Å². The molecule has 7 nitrogen and oxygen atoms in total. The van der Waals surface area contributed by atoms with E-state index in [1.165, 1.54) is 0 Å². The number of hydrogen-bond donors (Lipinski definition) is 2. The van der Waals surface area contributed by atoms with E-state index in [1.54, 1.807) is 7.11 Å². The molecule has 3 heterocycles. The summed E-state index contributed by atoms with van der Waals surface area (Å²) in [5.41, 5.74) is 9.81. The van der Waals surface area contributed by atoms with Crippen LogP contribution in [0.3, 0.4) is 0 Å². The van der Waals surface area contributed by atoms with E-state index in [0.29, 0.717) is 30.1 Å². The minimum Gasteiger partial charge on any atom is -0.383 e. The smallest absolute Gasteiger partial charge is 0.226 e. The molecule has 146 valence electrons. The van der Waals surface area contributed by atoms with E-state index in [1.807, 2.05) is 36.4 Å². The molecular weight excluding hydrogens is 352 g/mol. The molecule has 4 rings (SSSR count). The van der Waals surface area contributed by atoms with Crippen LogP contribution in [0, 0.1) is 0 Å². The molecule has 0 spiro atoms. The van der Waals surface area contributed by atoms with Crippen molar-refractivity contribution in [3.05, 3.63) is 42.0 Å². The van der Waals surface area contributed by atoms with Crippen molar-refractivity contribution in [3.8, 4) is 11.3 Å². The molecule has 2 aromatic heterocycles. The highest BCUT2D eigenvalue weighted by Gasteiger charge is 2.18. The van der Waals surface area contributed by atoms with Crippen molar-refractivity contribution < 1.29 is 4.74 Å². The Kier molecular flexibility index (Phi) is 5.36. The molecule has 28 heavy (non-hydrogen) atoms. The lowest BCUT2D eigenvalue weighted by Gasteiger charge is -2.29. The number of hydrogen-bond acceptors (Lipinski definition) is 7. The van der Waals surface area contributed by atoms with E-state index >= 15 is 0 Å². The van der Waals surface area contributed by atoms with Crippen LogP contribution in [-0.2, 0) is 11.3 Å². The number of likely N-dealkylation sites (tertiary alicyclic amines) is 1. The zero-order valence-electron chi connectivity index (χ0n) is 16.4. The number of piperidine rings is 1. The Labute approximate surface area is 165 Å². The Bertz CT molecular complexity index is 951. The predicted molar refractivity (Wildman–Crippen MR) is 112 cm³/mol. The van der Waals surface area contributed by atoms with Crippen LogP contribution in [0.4, 0.5) is 11.8 Å². The molecule has 0 atom stereocenters. The van der Waals surface area contributed by atoms with Crippen LogP contribution in [0.1, 0.15) is 18.4 Å². The number of aromatic nitrogens is 3. The fourth-order valence-corrected chi connectivity index (χ4v) is 3.53. The highest BCUT2D eigenvalue weighted by atomic mass is 16.5. The lowest BCUT2D eigenvalue weighted by Crippen LogP contribution is -2.37. The third-order valence-electron chi connectivity index (χ3n) is 5.20. The third kappa shape index (κ3) is 4.05. The van der Waals surface area contributed by atoms with Gasteiger partial charge in [-0.05, 0) is 50.7 Å². The number of anilines is 2. The molecule has 7 heteroatoms. The summed E-state index contributed by atoms with van der Waals surface area (Å²) in [6, 6.07) is 12.4. The molecule has 0 saturated carbocycles. The van der Waals surface area contributed by atoms with Gasteiger partial charge in [-0.2, -0.15) is 9.97 Å². The first-order chi connectivity index (χ1) is 13.6. The summed E-state index contributed by atoms with van der Waals surface area (Å²) in [7, 11) is 3.84. The van der Waals surface area contributed by atoms with Crippen LogP contribution in [-0.4, -0.2) is 53.1 Å². The molecule has 1 saturated heterocycles. The maximum atomic E-state index is 6.17. The summed E-state index contributed by atoms with van der Waals surface area (Å²) in [5.74, 6) is 1.01. The summed E-state index contributed by atoms with van der Waals surface area (Å²) in [6.07, 6.45) is 2.14. The van der Waals surface area contributed by atoms with Crippen molar-refractivity contribution in [1.82, 2.24) is 19.9 Å². The number of nitrogens with two attached hydrogens (primary N) is 1. The second-order valence-electron chi connectivity index (χ2n) is 7.35. The monoisotopic (exact) mass is 378 g/mol. The molecule has 1 fully saturated rings. The van der Waals surface area contributed by atoms with Gasteiger partial charge in [0.1, 0.15) is 5.82 Å². The first-order valence-corrected chi connectivity index (χ1v) is 9.60. The number of nitrogens with one attached hydrogen (secondary N) is 1. The largest absolute Gasteiger partial charge is 0.383 e. The molecule has 0 amide bonds. The SMILES string of the molecule is COCc1ccc(-c2ccc3c(N)nc(NC4CCN(C)CC4)nc3n2)cc1. The van der Waals surface area contributed by atoms with Crippen LogP contribution in [0.5, 0.6) is 0 Å². The summed E-state index contributed by atoms with van der Waals surface area (Å²) in [4.78, 5) is 16.1. The van der Waals surface area contributed by atoms with E-state index < -0.39 is 0 Å². The summed E-state index contributed by atoms with van der Waals surface area (Å²) < 4.78 is 5.17. The molecule has 3 aromatic rings. The van der Waals surface area contributed by atoms with Crippen molar-refractivity contribution in [1.29, 1.82) is 0 Å². The Morgan fingerprint density at radius 1 is 1.07 bits per heavy atom. The molecule has 3 N–H and O–H groups in total. The topological polar surface area (TPSA) is 89.2 Å². The number of benzene rings is 1. The number of nitrogens with zero attached hydrogens (tertiary/aromatic N) is 4. The number of methoxy groups -OCH3 is 1. The Hall–Kier alpha value is -2.77. The van der Waals surface area contributed by atoms with E-state index in [2.05, 4.69) is 27.2 Å². The number of pyridine rings is 1. The van der Waals surface area contributed by atoms with Gasteiger partial charge in [0.05, 0.1) is 17.7 Å². The standard InChI is InChI=1S/C21H26N6O/c1-27-11-9-16(10-12-27)23-21-25-19(22)17-7-8-18(24-20(17)26-21)15-5-3-14(4-6-15)13-28-2/h3-8,16H,9-13H2,1-2H3,(H3,22,23,24,25,26). The lowest BCUT2D eigenvalue weighted by atomic mass is 10.1. The van der Waals surface area contributed by atoms with Gasteiger partial charge in [-0.25, -0.2) is 4.98 Å². The first-order valence-electron chi connectivity index (χ1n) is 9.60. The lowest BCUT2D eigenvalue weighted by molar-refractivity contribution is 0.185. The molecule has 0 unspecified atom stereocenters. The van der Waals surface area contributed by atoms with E-state index in [-0.39, 0.29) is 0 Å². The van der Waals surface area contributed by atoms with Crippen LogP contribution in [0.2, 0.25) is 0 Å². The van der Waals surface area contributed by atoms with Gasteiger partial charge in [-0.1, -0.05) is 24.3 Å².